The van der Waals surface area contributed by atoms with Crippen molar-refractivity contribution in [2.75, 3.05) is 19.6 Å². The summed E-state index contributed by atoms with van der Waals surface area (Å²) < 4.78 is 37.8. The van der Waals surface area contributed by atoms with Crippen LogP contribution in [0.15, 0.2) is 10.4 Å². The fraction of sp³-hybridized carbons (Fsp3) is 0.706. The number of likely N-dealkylation sites (tertiary alicyclic amines) is 1. The molecule has 1 atom stereocenters. The van der Waals surface area contributed by atoms with Crippen molar-refractivity contribution in [1.82, 2.24) is 20.5 Å². The van der Waals surface area contributed by atoms with E-state index in [1.807, 2.05) is 11.8 Å². The summed E-state index contributed by atoms with van der Waals surface area (Å²) in [7, 11) is 0. The molecule has 2 rings (SSSR count). The first kappa shape index (κ1) is 24.9. The summed E-state index contributed by atoms with van der Waals surface area (Å²) >= 11 is 0.930. The summed E-state index contributed by atoms with van der Waals surface area (Å²) in [4.78, 5) is 22.1. The molecular formula is C17H27F3IN5OS. The number of guanidine groups is 1. The van der Waals surface area contributed by atoms with Crippen molar-refractivity contribution in [3.05, 3.63) is 16.1 Å². The Morgan fingerprint density at radius 2 is 2.14 bits per heavy atom. The molecule has 1 aromatic heterocycles. The van der Waals surface area contributed by atoms with Crippen molar-refractivity contribution in [2.45, 2.75) is 58.3 Å². The number of carbonyl (C=O) groups is 1. The van der Waals surface area contributed by atoms with Crippen molar-refractivity contribution in [3.63, 3.8) is 0 Å². The van der Waals surface area contributed by atoms with E-state index in [0.717, 1.165) is 42.5 Å². The van der Waals surface area contributed by atoms with Crippen LogP contribution >= 0.6 is 35.3 Å². The fourth-order valence-corrected chi connectivity index (χ4v) is 3.63. The van der Waals surface area contributed by atoms with Gasteiger partial charge in [-0.3, -0.25) is 4.79 Å². The van der Waals surface area contributed by atoms with Gasteiger partial charge >= 0.3 is 6.18 Å². The van der Waals surface area contributed by atoms with Crippen LogP contribution in [0.25, 0.3) is 0 Å². The second-order valence-electron chi connectivity index (χ2n) is 6.43. The minimum absolute atomic E-state index is 0. The molecule has 1 unspecified atom stereocenters. The number of aliphatic imine (C=N–C) groups is 1. The average molecular weight is 533 g/mol. The molecule has 0 spiro atoms. The van der Waals surface area contributed by atoms with E-state index in [2.05, 4.69) is 27.5 Å². The molecule has 1 aliphatic heterocycles. The maximum Gasteiger partial charge on any atom is 0.434 e. The number of halogens is 4. The SMILES string of the molecule is CCNC(=NCc1nc(C(F)(F)F)cs1)NCCC(=O)N1CCCCC1C.I. The maximum absolute atomic E-state index is 12.6. The topological polar surface area (TPSA) is 69.6 Å². The summed E-state index contributed by atoms with van der Waals surface area (Å²) in [6.45, 7) is 5.84. The van der Waals surface area contributed by atoms with Gasteiger partial charge in [-0.25, -0.2) is 9.98 Å². The first-order valence-corrected chi connectivity index (χ1v) is 10.0. The average Bonchev–Trinajstić information content (AvgIpc) is 3.09. The minimum atomic E-state index is -4.44. The zero-order valence-electron chi connectivity index (χ0n) is 16.0. The monoisotopic (exact) mass is 533 g/mol. The van der Waals surface area contributed by atoms with Crippen LogP contribution < -0.4 is 10.6 Å². The Kier molecular flexibility index (Phi) is 10.5. The zero-order chi connectivity index (χ0) is 19.9. The van der Waals surface area contributed by atoms with Gasteiger partial charge in [0, 0.05) is 37.5 Å². The highest BCUT2D eigenvalue weighted by Crippen LogP contribution is 2.30. The second-order valence-corrected chi connectivity index (χ2v) is 7.37. The number of hydrogen-bond donors (Lipinski definition) is 2. The Morgan fingerprint density at radius 3 is 2.75 bits per heavy atom. The molecule has 1 fully saturated rings. The van der Waals surface area contributed by atoms with Gasteiger partial charge in [-0.05, 0) is 33.1 Å². The Morgan fingerprint density at radius 1 is 1.39 bits per heavy atom. The van der Waals surface area contributed by atoms with Crippen LogP contribution in [-0.4, -0.2) is 47.4 Å². The molecule has 1 saturated heterocycles. The van der Waals surface area contributed by atoms with Gasteiger partial charge in [0.25, 0.3) is 0 Å². The van der Waals surface area contributed by atoms with Gasteiger partial charge < -0.3 is 15.5 Å². The predicted molar refractivity (Wildman–Crippen MR) is 115 cm³/mol. The van der Waals surface area contributed by atoms with E-state index < -0.39 is 11.9 Å². The van der Waals surface area contributed by atoms with Gasteiger partial charge in [0.05, 0.1) is 6.54 Å². The van der Waals surface area contributed by atoms with Gasteiger partial charge in [0.2, 0.25) is 5.91 Å². The number of nitrogens with zero attached hydrogens (tertiary/aromatic N) is 3. The molecular weight excluding hydrogens is 506 g/mol. The highest BCUT2D eigenvalue weighted by atomic mass is 127. The number of hydrogen-bond acceptors (Lipinski definition) is 4. The number of nitrogens with one attached hydrogen (secondary N) is 2. The van der Waals surface area contributed by atoms with Crippen LogP contribution in [0.1, 0.15) is 50.2 Å². The molecule has 0 bridgehead atoms. The second kappa shape index (κ2) is 11.8. The largest absolute Gasteiger partial charge is 0.434 e. The molecule has 0 radical (unpaired) electrons. The van der Waals surface area contributed by atoms with E-state index in [1.54, 1.807) is 0 Å². The first-order chi connectivity index (χ1) is 12.8. The van der Waals surface area contributed by atoms with Crippen LogP contribution in [0.2, 0.25) is 0 Å². The third-order valence-corrected chi connectivity index (χ3v) is 5.15. The molecule has 0 saturated carbocycles. The molecule has 1 aromatic rings. The van der Waals surface area contributed by atoms with Gasteiger partial charge in [-0.1, -0.05) is 0 Å². The van der Waals surface area contributed by atoms with Crippen molar-refractivity contribution < 1.29 is 18.0 Å². The van der Waals surface area contributed by atoms with Crippen LogP contribution in [0.3, 0.4) is 0 Å². The Bertz CT molecular complexity index is 653. The normalized spacial score (nSPS) is 17.8. The molecule has 28 heavy (non-hydrogen) atoms. The van der Waals surface area contributed by atoms with E-state index in [4.69, 9.17) is 0 Å². The van der Waals surface area contributed by atoms with E-state index >= 15 is 0 Å². The van der Waals surface area contributed by atoms with Gasteiger partial charge in [-0.15, -0.1) is 35.3 Å². The van der Waals surface area contributed by atoms with E-state index in [9.17, 15) is 18.0 Å². The smallest absolute Gasteiger partial charge is 0.357 e. The third kappa shape index (κ3) is 7.72. The maximum atomic E-state index is 12.6. The quantitative estimate of drug-likeness (QED) is 0.333. The van der Waals surface area contributed by atoms with Crippen molar-refractivity contribution >= 4 is 47.2 Å². The van der Waals surface area contributed by atoms with Crippen LogP contribution in [0, 0.1) is 0 Å². The summed E-state index contributed by atoms with van der Waals surface area (Å²) in [6.07, 6.45) is -0.844. The molecule has 1 aliphatic rings. The Balaban J connectivity index is 0.00000392. The van der Waals surface area contributed by atoms with Crippen LogP contribution in [-0.2, 0) is 17.5 Å². The molecule has 0 aromatic carbocycles. The summed E-state index contributed by atoms with van der Waals surface area (Å²) in [5.74, 6) is 0.570. The molecule has 160 valence electrons. The molecule has 0 aliphatic carbocycles. The summed E-state index contributed by atoms with van der Waals surface area (Å²) in [6, 6.07) is 0.279. The molecule has 2 heterocycles. The summed E-state index contributed by atoms with van der Waals surface area (Å²) in [5.41, 5.74) is -0.892. The van der Waals surface area contributed by atoms with Crippen LogP contribution in [0.4, 0.5) is 13.2 Å². The predicted octanol–water partition coefficient (Wildman–Crippen LogP) is 3.63. The van der Waals surface area contributed by atoms with Gasteiger partial charge in [0.1, 0.15) is 5.01 Å². The number of rotatable bonds is 6. The molecule has 11 heteroatoms. The van der Waals surface area contributed by atoms with E-state index in [0.29, 0.717) is 25.5 Å². The van der Waals surface area contributed by atoms with Gasteiger partial charge in [0.15, 0.2) is 11.7 Å². The highest BCUT2D eigenvalue weighted by Gasteiger charge is 2.33. The lowest BCUT2D eigenvalue weighted by atomic mass is 10.0. The third-order valence-electron chi connectivity index (χ3n) is 4.31. The zero-order valence-corrected chi connectivity index (χ0v) is 19.2. The minimum Gasteiger partial charge on any atom is -0.357 e. The molecule has 2 N–H and O–H groups in total. The number of piperidine rings is 1. The number of aromatic nitrogens is 1. The highest BCUT2D eigenvalue weighted by molar-refractivity contribution is 14.0. The van der Waals surface area contributed by atoms with Crippen molar-refractivity contribution in [1.29, 1.82) is 0 Å². The van der Waals surface area contributed by atoms with E-state index in [-0.39, 0.29) is 47.5 Å². The Labute approximate surface area is 184 Å². The standard InChI is InChI=1S/C17H26F3N5OS.HI/c1-3-21-16(23-10-14-24-13(11-27-14)17(18,19)20)22-8-7-15(26)25-9-5-4-6-12(25)2;/h11-12H,3-10H2,1-2H3,(H2,21,22,23);1H. The fourth-order valence-electron chi connectivity index (χ4n) is 2.90. The van der Waals surface area contributed by atoms with Crippen molar-refractivity contribution in [2.24, 2.45) is 4.99 Å². The number of carbonyl (C=O) groups excluding carboxylic acids is 1. The molecule has 1 amide bonds. The Hall–Kier alpha value is -1.11. The van der Waals surface area contributed by atoms with Crippen molar-refractivity contribution in [3.8, 4) is 0 Å². The molecule has 6 nitrogen and oxygen atoms in total. The number of alkyl halides is 3. The lowest BCUT2D eigenvalue weighted by molar-refractivity contribution is -0.140. The van der Waals surface area contributed by atoms with Crippen LogP contribution in [0.5, 0.6) is 0 Å². The number of amides is 1. The lowest BCUT2D eigenvalue weighted by Gasteiger charge is -2.33. The summed E-state index contributed by atoms with van der Waals surface area (Å²) in [5, 5.41) is 7.36. The van der Waals surface area contributed by atoms with E-state index in [1.165, 1.54) is 0 Å². The lowest BCUT2D eigenvalue weighted by Crippen LogP contribution is -2.44. The number of thiazole rings is 1. The first-order valence-electron chi connectivity index (χ1n) is 9.14. The van der Waals surface area contributed by atoms with Gasteiger partial charge in [-0.2, -0.15) is 13.2 Å².